The van der Waals surface area contributed by atoms with Gasteiger partial charge < -0.3 is 5.32 Å². The Morgan fingerprint density at radius 1 is 1.41 bits per heavy atom. The lowest BCUT2D eigenvalue weighted by Gasteiger charge is -2.24. The van der Waals surface area contributed by atoms with Gasteiger partial charge in [-0.05, 0) is 38.0 Å². The number of hydrogen-bond donors (Lipinski definition) is 1. The largest absolute Gasteiger partial charge is 0.352 e. The number of nitrogens with one attached hydrogen (secondary N) is 1. The monoisotopic (exact) mass is 354 g/mol. The summed E-state index contributed by atoms with van der Waals surface area (Å²) in [4.78, 5) is 16.9. The van der Waals surface area contributed by atoms with Gasteiger partial charge in [-0.2, -0.15) is 0 Å². The van der Waals surface area contributed by atoms with Crippen molar-refractivity contribution in [2.45, 2.75) is 54.7 Å². The highest BCUT2D eigenvalue weighted by atomic mass is 35.5. The minimum absolute atomic E-state index is 0.120. The Labute approximate surface area is 143 Å². The van der Waals surface area contributed by atoms with Gasteiger partial charge in [0, 0.05) is 11.1 Å². The molecule has 1 N–H and O–H groups in total. The molecule has 1 aliphatic carbocycles. The van der Waals surface area contributed by atoms with Gasteiger partial charge in [0.1, 0.15) is 0 Å². The molecule has 0 unspecified atom stereocenters. The number of carbonyl (C=O) groups excluding carboxylic acids is 1. The van der Waals surface area contributed by atoms with Crippen molar-refractivity contribution in [3.63, 3.8) is 0 Å². The fraction of sp³-hybridized carbons (Fsp3) is 0.500. The van der Waals surface area contributed by atoms with E-state index in [0.29, 0.717) is 11.1 Å². The first kappa shape index (κ1) is 16.1. The zero-order valence-corrected chi connectivity index (χ0v) is 14.9. The molecule has 118 valence electrons. The summed E-state index contributed by atoms with van der Waals surface area (Å²) in [7, 11) is 0. The van der Waals surface area contributed by atoms with E-state index in [1.165, 1.54) is 31.0 Å². The highest BCUT2D eigenvalue weighted by Gasteiger charge is 2.21. The van der Waals surface area contributed by atoms with Crippen LogP contribution in [0, 0.1) is 0 Å². The predicted octanol–water partition coefficient (Wildman–Crippen LogP) is 4.88. The zero-order valence-electron chi connectivity index (χ0n) is 12.5. The maximum atomic E-state index is 12.3. The summed E-state index contributed by atoms with van der Waals surface area (Å²) < 4.78 is 2.02. The fourth-order valence-corrected chi connectivity index (χ4v) is 5.07. The Hall–Kier alpha value is -0.780. The fourth-order valence-electron chi connectivity index (χ4n) is 2.70. The van der Waals surface area contributed by atoms with Crippen LogP contribution in [0.3, 0.4) is 0 Å². The van der Waals surface area contributed by atoms with Crippen LogP contribution in [0.25, 0.3) is 10.2 Å². The number of halogens is 1. The second-order valence-electron chi connectivity index (χ2n) is 5.70. The second kappa shape index (κ2) is 7.20. The van der Waals surface area contributed by atoms with Gasteiger partial charge in [-0.1, -0.05) is 42.6 Å². The van der Waals surface area contributed by atoms with E-state index in [0.717, 1.165) is 27.4 Å². The third kappa shape index (κ3) is 3.94. The van der Waals surface area contributed by atoms with E-state index in [1.54, 1.807) is 11.3 Å². The van der Waals surface area contributed by atoms with E-state index in [-0.39, 0.29) is 11.2 Å². The van der Waals surface area contributed by atoms with Crippen molar-refractivity contribution in [3.05, 3.63) is 23.2 Å². The summed E-state index contributed by atoms with van der Waals surface area (Å²) in [6, 6.07) is 6.07. The van der Waals surface area contributed by atoms with Gasteiger partial charge in [-0.3, -0.25) is 4.79 Å². The first-order chi connectivity index (χ1) is 10.6. The third-order valence-corrected chi connectivity index (χ3v) is 6.39. The lowest BCUT2D eigenvalue weighted by atomic mass is 9.95. The van der Waals surface area contributed by atoms with E-state index < -0.39 is 0 Å². The molecule has 1 amide bonds. The highest BCUT2D eigenvalue weighted by Crippen LogP contribution is 2.33. The molecule has 3 rings (SSSR count). The molecule has 2 aromatic rings. The normalized spacial score (nSPS) is 17.5. The van der Waals surface area contributed by atoms with E-state index in [2.05, 4.69) is 10.3 Å². The molecule has 3 nitrogen and oxygen atoms in total. The Morgan fingerprint density at radius 2 is 2.18 bits per heavy atom. The van der Waals surface area contributed by atoms with E-state index in [9.17, 15) is 4.79 Å². The number of nitrogens with zero attached hydrogens (tertiary/aromatic N) is 1. The summed E-state index contributed by atoms with van der Waals surface area (Å²) >= 11 is 9.12. The van der Waals surface area contributed by atoms with Crippen LogP contribution < -0.4 is 5.32 Å². The van der Waals surface area contributed by atoms with Crippen molar-refractivity contribution >= 4 is 50.8 Å². The number of thiazole rings is 1. The molecule has 0 spiro atoms. The van der Waals surface area contributed by atoms with Crippen LogP contribution in [-0.4, -0.2) is 22.2 Å². The number of hydrogen-bond acceptors (Lipinski definition) is 4. The smallest absolute Gasteiger partial charge is 0.233 e. The first-order valence-corrected chi connectivity index (χ1v) is 9.72. The van der Waals surface area contributed by atoms with Crippen molar-refractivity contribution in [2.24, 2.45) is 0 Å². The summed E-state index contributed by atoms with van der Waals surface area (Å²) in [5, 5.41) is 3.74. The number of rotatable bonds is 4. The van der Waals surface area contributed by atoms with Crippen LogP contribution in [0.2, 0.25) is 5.02 Å². The van der Waals surface area contributed by atoms with E-state index in [4.69, 9.17) is 11.6 Å². The Kier molecular flexibility index (Phi) is 5.26. The number of amides is 1. The van der Waals surface area contributed by atoms with Gasteiger partial charge in [0.05, 0.1) is 15.5 Å². The lowest BCUT2D eigenvalue weighted by molar-refractivity contribution is -0.121. The van der Waals surface area contributed by atoms with Crippen LogP contribution >= 0.6 is 34.7 Å². The predicted molar refractivity (Wildman–Crippen MR) is 95.0 cm³/mol. The second-order valence-corrected chi connectivity index (χ2v) is 8.75. The van der Waals surface area contributed by atoms with Gasteiger partial charge in [0.15, 0.2) is 4.34 Å². The molecule has 0 saturated heterocycles. The molecule has 1 fully saturated rings. The molecule has 0 radical (unpaired) electrons. The zero-order chi connectivity index (χ0) is 15.5. The molecule has 1 heterocycles. The number of carbonyl (C=O) groups is 1. The number of aromatic nitrogens is 1. The standard InChI is InChI=1S/C16H19ClN2OS2/c1-10(15(20)18-12-5-3-2-4-6-12)21-16-19-13-9-11(17)7-8-14(13)22-16/h7-10,12H,2-6H2,1H3,(H,18,20)/t10-/m1/s1. The lowest BCUT2D eigenvalue weighted by Crippen LogP contribution is -2.40. The molecule has 0 bridgehead atoms. The van der Waals surface area contributed by atoms with Crippen LogP contribution in [0.15, 0.2) is 22.5 Å². The third-order valence-electron chi connectivity index (χ3n) is 3.93. The Morgan fingerprint density at radius 3 is 2.95 bits per heavy atom. The van der Waals surface area contributed by atoms with Gasteiger partial charge >= 0.3 is 0 Å². The average molecular weight is 355 g/mol. The minimum Gasteiger partial charge on any atom is -0.352 e. The van der Waals surface area contributed by atoms with Crippen LogP contribution in [-0.2, 0) is 4.79 Å². The minimum atomic E-state index is -0.127. The molecule has 0 aliphatic heterocycles. The van der Waals surface area contributed by atoms with Gasteiger partial charge in [0.2, 0.25) is 5.91 Å². The molecule has 1 aromatic carbocycles. The summed E-state index contributed by atoms with van der Waals surface area (Å²) in [5.41, 5.74) is 0.903. The van der Waals surface area contributed by atoms with Gasteiger partial charge in [-0.25, -0.2) is 4.98 Å². The SMILES string of the molecule is C[C@@H](Sc1nc2cc(Cl)ccc2s1)C(=O)NC1CCCCC1. The maximum Gasteiger partial charge on any atom is 0.233 e. The van der Waals surface area contributed by atoms with Crippen LogP contribution in [0.4, 0.5) is 0 Å². The number of benzene rings is 1. The van der Waals surface area contributed by atoms with E-state index >= 15 is 0 Å². The van der Waals surface area contributed by atoms with Gasteiger partial charge in [-0.15, -0.1) is 11.3 Å². The van der Waals surface area contributed by atoms with Crippen LogP contribution in [0.1, 0.15) is 39.0 Å². The molecular formula is C16H19ClN2OS2. The van der Waals surface area contributed by atoms with Crippen molar-refractivity contribution in [1.82, 2.24) is 10.3 Å². The summed E-state index contributed by atoms with van der Waals surface area (Å²) in [6.45, 7) is 1.95. The molecular weight excluding hydrogens is 336 g/mol. The Balaban J connectivity index is 1.61. The molecule has 1 aromatic heterocycles. The average Bonchev–Trinajstić information content (AvgIpc) is 2.89. The van der Waals surface area contributed by atoms with E-state index in [1.807, 2.05) is 25.1 Å². The molecule has 22 heavy (non-hydrogen) atoms. The summed E-state index contributed by atoms with van der Waals surface area (Å²) in [6.07, 6.45) is 5.98. The quantitative estimate of drug-likeness (QED) is 0.795. The number of thioether (sulfide) groups is 1. The Bertz CT molecular complexity index is 667. The number of fused-ring (bicyclic) bond motifs is 1. The van der Waals surface area contributed by atoms with Crippen molar-refractivity contribution in [1.29, 1.82) is 0 Å². The molecule has 6 heteroatoms. The van der Waals surface area contributed by atoms with Crippen molar-refractivity contribution in [3.8, 4) is 0 Å². The topological polar surface area (TPSA) is 42.0 Å². The molecule has 1 atom stereocenters. The molecule has 1 aliphatic rings. The van der Waals surface area contributed by atoms with Crippen molar-refractivity contribution in [2.75, 3.05) is 0 Å². The van der Waals surface area contributed by atoms with Crippen LogP contribution in [0.5, 0.6) is 0 Å². The van der Waals surface area contributed by atoms with Crippen molar-refractivity contribution < 1.29 is 4.79 Å². The first-order valence-electron chi connectivity index (χ1n) is 7.65. The molecule has 1 saturated carbocycles. The summed E-state index contributed by atoms with van der Waals surface area (Å²) in [5.74, 6) is 0.120. The maximum absolute atomic E-state index is 12.3. The van der Waals surface area contributed by atoms with Gasteiger partial charge in [0.25, 0.3) is 0 Å². The highest BCUT2D eigenvalue weighted by molar-refractivity contribution is 8.02.